The molecule has 106 valence electrons. The van der Waals surface area contributed by atoms with E-state index >= 15 is 0 Å². The third-order valence-corrected chi connectivity index (χ3v) is 3.18. The first-order valence-corrected chi connectivity index (χ1v) is 6.72. The fraction of sp³-hybridized carbons (Fsp3) is 0.923. The van der Waals surface area contributed by atoms with Gasteiger partial charge in [-0.2, -0.15) is 0 Å². The number of methoxy groups -OCH3 is 1. The maximum Gasteiger partial charge on any atom is 0.239 e. The molecule has 0 aromatic heterocycles. The number of likely N-dealkylation sites (N-methyl/N-ethyl adjacent to an activating group) is 1. The van der Waals surface area contributed by atoms with E-state index < -0.39 is 6.04 Å². The van der Waals surface area contributed by atoms with E-state index in [2.05, 4.69) is 0 Å². The molecule has 0 aromatic carbocycles. The number of hydrogen-bond acceptors (Lipinski definition) is 4. The molecule has 0 saturated heterocycles. The van der Waals surface area contributed by atoms with Crippen LogP contribution in [0.4, 0.5) is 0 Å². The highest BCUT2D eigenvalue weighted by molar-refractivity contribution is 5.81. The van der Waals surface area contributed by atoms with E-state index in [1.54, 1.807) is 19.1 Å². The lowest BCUT2D eigenvalue weighted by Crippen LogP contribution is -2.43. The van der Waals surface area contributed by atoms with E-state index in [0.717, 1.165) is 18.9 Å². The molecule has 2 N–H and O–H groups in total. The molecule has 1 aliphatic carbocycles. The van der Waals surface area contributed by atoms with E-state index in [4.69, 9.17) is 15.2 Å². The Morgan fingerprint density at radius 1 is 1.44 bits per heavy atom. The highest BCUT2D eigenvalue weighted by Crippen LogP contribution is 2.28. The van der Waals surface area contributed by atoms with Crippen molar-refractivity contribution in [2.45, 2.75) is 31.7 Å². The standard InChI is InChI=1S/C13H26N2O3/c1-15(7-9-18-10-11-5-6-11)13(16)12(14)4-3-8-17-2/h11-12H,3-10,14H2,1-2H3. The second kappa shape index (κ2) is 8.45. The number of rotatable bonds is 10. The number of amides is 1. The largest absolute Gasteiger partial charge is 0.385 e. The van der Waals surface area contributed by atoms with Crippen LogP contribution < -0.4 is 5.73 Å². The Morgan fingerprint density at radius 2 is 2.17 bits per heavy atom. The normalized spacial score (nSPS) is 16.6. The first-order valence-electron chi connectivity index (χ1n) is 6.72. The van der Waals surface area contributed by atoms with Crippen molar-refractivity contribution in [3.63, 3.8) is 0 Å². The van der Waals surface area contributed by atoms with Crippen molar-refractivity contribution in [1.82, 2.24) is 4.90 Å². The van der Waals surface area contributed by atoms with Crippen LogP contribution in [0, 0.1) is 5.92 Å². The first-order chi connectivity index (χ1) is 8.65. The van der Waals surface area contributed by atoms with E-state index in [9.17, 15) is 4.79 Å². The molecule has 0 aliphatic heterocycles. The van der Waals surface area contributed by atoms with Gasteiger partial charge in [0.15, 0.2) is 0 Å². The lowest BCUT2D eigenvalue weighted by atomic mass is 10.1. The third-order valence-electron chi connectivity index (χ3n) is 3.18. The van der Waals surface area contributed by atoms with Gasteiger partial charge in [-0.15, -0.1) is 0 Å². The number of hydrogen-bond donors (Lipinski definition) is 1. The van der Waals surface area contributed by atoms with Gasteiger partial charge in [-0.05, 0) is 31.6 Å². The summed E-state index contributed by atoms with van der Waals surface area (Å²) < 4.78 is 10.4. The van der Waals surface area contributed by atoms with Crippen molar-refractivity contribution < 1.29 is 14.3 Å². The summed E-state index contributed by atoms with van der Waals surface area (Å²) in [5.41, 5.74) is 5.83. The highest BCUT2D eigenvalue weighted by Gasteiger charge is 2.21. The summed E-state index contributed by atoms with van der Waals surface area (Å²) in [5, 5.41) is 0. The van der Waals surface area contributed by atoms with Crippen molar-refractivity contribution in [2.24, 2.45) is 11.7 Å². The summed E-state index contributed by atoms with van der Waals surface area (Å²) in [7, 11) is 3.43. The summed E-state index contributed by atoms with van der Waals surface area (Å²) in [6.45, 7) is 2.70. The topological polar surface area (TPSA) is 64.8 Å². The zero-order valence-electron chi connectivity index (χ0n) is 11.6. The molecule has 0 aromatic rings. The summed E-state index contributed by atoms with van der Waals surface area (Å²) in [5.74, 6) is 0.753. The maximum absolute atomic E-state index is 11.9. The average molecular weight is 258 g/mol. The van der Waals surface area contributed by atoms with Gasteiger partial charge >= 0.3 is 0 Å². The number of carbonyl (C=O) groups excluding carboxylic acids is 1. The van der Waals surface area contributed by atoms with Crippen LogP contribution in [0.3, 0.4) is 0 Å². The monoisotopic (exact) mass is 258 g/mol. The van der Waals surface area contributed by atoms with Gasteiger partial charge in [0.25, 0.3) is 0 Å². The van der Waals surface area contributed by atoms with Crippen LogP contribution in [-0.2, 0) is 14.3 Å². The van der Waals surface area contributed by atoms with E-state index in [1.165, 1.54) is 12.8 Å². The minimum absolute atomic E-state index is 0.0128. The predicted molar refractivity (Wildman–Crippen MR) is 70.3 cm³/mol. The van der Waals surface area contributed by atoms with Crippen molar-refractivity contribution in [3.05, 3.63) is 0 Å². The molecule has 1 amide bonds. The zero-order chi connectivity index (χ0) is 13.4. The van der Waals surface area contributed by atoms with Crippen LogP contribution in [-0.4, -0.2) is 57.4 Å². The molecular weight excluding hydrogens is 232 g/mol. The molecule has 0 radical (unpaired) electrons. The number of nitrogens with zero attached hydrogens (tertiary/aromatic N) is 1. The first kappa shape index (κ1) is 15.4. The van der Waals surface area contributed by atoms with Gasteiger partial charge in [-0.3, -0.25) is 4.79 Å². The molecule has 1 unspecified atom stereocenters. The van der Waals surface area contributed by atoms with Crippen LogP contribution >= 0.6 is 0 Å². The second-order valence-electron chi connectivity index (χ2n) is 5.02. The van der Waals surface area contributed by atoms with Gasteiger partial charge in [0.1, 0.15) is 0 Å². The number of carbonyl (C=O) groups is 1. The SMILES string of the molecule is COCCCC(N)C(=O)N(C)CCOCC1CC1. The molecule has 1 fully saturated rings. The molecule has 0 spiro atoms. The fourth-order valence-electron chi connectivity index (χ4n) is 1.70. The number of ether oxygens (including phenoxy) is 2. The van der Waals surface area contributed by atoms with E-state index in [1.807, 2.05) is 0 Å². The summed E-state index contributed by atoms with van der Waals surface area (Å²) >= 11 is 0. The van der Waals surface area contributed by atoms with Gasteiger partial charge in [0.05, 0.1) is 12.6 Å². The van der Waals surface area contributed by atoms with Crippen molar-refractivity contribution in [3.8, 4) is 0 Å². The fourth-order valence-corrected chi connectivity index (χ4v) is 1.70. The molecular formula is C13H26N2O3. The average Bonchev–Trinajstić information content (AvgIpc) is 3.17. The molecule has 1 aliphatic rings. The molecule has 18 heavy (non-hydrogen) atoms. The van der Waals surface area contributed by atoms with Crippen LogP contribution in [0.1, 0.15) is 25.7 Å². The van der Waals surface area contributed by atoms with E-state index in [0.29, 0.717) is 26.2 Å². The molecule has 0 heterocycles. The van der Waals surface area contributed by atoms with Crippen LogP contribution in [0.5, 0.6) is 0 Å². The Kier molecular flexibility index (Phi) is 7.23. The number of nitrogens with two attached hydrogens (primary N) is 1. The highest BCUT2D eigenvalue weighted by atomic mass is 16.5. The van der Waals surface area contributed by atoms with Gasteiger partial charge in [0, 0.05) is 33.9 Å². The Labute approximate surface area is 110 Å². The molecule has 5 heteroatoms. The van der Waals surface area contributed by atoms with Crippen molar-refractivity contribution >= 4 is 5.91 Å². The minimum atomic E-state index is -0.423. The molecule has 1 atom stereocenters. The van der Waals surface area contributed by atoms with Crippen molar-refractivity contribution in [1.29, 1.82) is 0 Å². The van der Waals surface area contributed by atoms with Crippen molar-refractivity contribution in [2.75, 3.05) is 40.5 Å². The third kappa shape index (κ3) is 6.33. The lowest BCUT2D eigenvalue weighted by Gasteiger charge is -2.21. The summed E-state index contributed by atoms with van der Waals surface area (Å²) in [6, 6.07) is -0.423. The van der Waals surface area contributed by atoms with Gasteiger partial charge in [0.2, 0.25) is 5.91 Å². The quantitative estimate of drug-likeness (QED) is 0.584. The summed E-state index contributed by atoms with van der Waals surface area (Å²) in [6.07, 6.45) is 4.06. The van der Waals surface area contributed by atoms with Gasteiger partial charge < -0.3 is 20.1 Å². The molecule has 1 saturated carbocycles. The Morgan fingerprint density at radius 3 is 2.78 bits per heavy atom. The van der Waals surface area contributed by atoms with Crippen LogP contribution in [0.2, 0.25) is 0 Å². The zero-order valence-corrected chi connectivity index (χ0v) is 11.6. The smallest absolute Gasteiger partial charge is 0.239 e. The van der Waals surface area contributed by atoms with Gasteiger partial charge in [-0.1, -0.05) is 0 Å². The van der Waals surface area contributed by atoms with Gasteiger partial charge in [-0.25, -0.2) is 0 Å². The molecule has 0 bridgehead atoms. The molecule has 1 rings (SSSR count). The Bertz CT molecular complexity index is 244. The minimum Gasteiger partial charge on any atom is -0.385 e. The Hall–Kier alpha value is -0.650. The van der Waals surface area contributed by atoms with Crippen LogP contribution in [0.25, 0.3) is 0 Å². The maximum atomic E-state index is 11.9. The van der Waals surface area contributed by atoms with Crippen LogP contribution in [0.15, 0.2) is 0 Å². The Balaban J connectivity index is 2.05. The van der Waals surface area contributed by atoms with E-state index in [-0.39, 0.29) is 5.91 Å². The lowest BCUT2D eigenvalue weighted by molar-refractivity contribution is -0.132. The predicted octanol–water partition coefficient (Wildman–Crippen LogP) is 0.625. The molecule has 5 nitrogen and oxygen atoms in total. The second-order valence-corrected chi connectivity index (χ2v) is 5.02. The summed E-state index contributed by atoms with van der Waals surface area (Å²) in [4.78, 5) is 13.5.